The molecule has 1 atom stereocenters. The minimum atomic E-state index is 0.626. The summed E-state index contributed by atoms with van der Waals surface area (Å²) in [5, 5.41) is 0. The van der Waals surface area contributed by atoms with Gasteiger partial charge in [-0.2, -0.15) is 0 Å². The molecule has 0 bridgehead atoms. The second-order valence-corrected chi connectivity index (χ2v) is 5.35. The summed E-state index contributed by atoms with van der Waals surface area (Å²) in [4.78, 5) is 0. The smallest absolute Gasteiger partial charge is 0.119 e. The molecule has 1 unspecified atom stereocenters. The van der Waals surface area contributed by atoms with E-state index in [-0.39, 0.29) is 0 Å². The van der Waals surface area contributed by atoms with E-state index in [9.17, 15) is 0 Å². The van der Waals surface area contributed by atoms with Crippen molar-refractivity contribution < 1.29 is 9.47 Å². The van der Waals surface area contributed by atoms with Crippen LogP contribution in [0.2, 0.25) is 0 Å². The van der Waals surface area contributed by atoms with Crippen LogP contribution in [0.3, 0.4) is 0 Å². The number of methoxy groups -OCH3 is 1. The van der Waals surface area contributed by atoms with Crippen LogP contribution >= 0.6 is 0 Å². The van der Waals surface area contributed by atoms with Gasteiger partial charge in [0.05, 0.1) is 13.7 Å². The molecule has 0 saturated heterocycles. The Morgan fingerprint density at radius 1 is 1.16 bits per heavy atom. The third-order valence-corrected chi connectivity index (χ3v) is 4.19. The quantitative estimate of drug-likeness (QED) is 0.821. The Balaban J connectivity index is 1.74. The fourth-order valence-electron chi connectivity index (χ4n) is 2.97. The van der Waals surface area contributed by atoms with Gasteiger partial charge in [0, 0.05) is 0 Å². The van der Waals surface area contributed by atoms with Gasteiger partial charge in [-0.3, -0.25) is 0 Å². The molecule has 106 valence electrons. The third-order valence-electron chi connectivity index (χ3n) is 4.19. The van der Waals surface area contributed by atoms with Crippen LogP contribution < -0.4 is 15.2 Å². The molecule has 1 aromatic carbocycles. The van der Waals surface area contributed by atoms with E-state index in [1.807, 2.05) is 24.3 Å². The van der Waals surface area contributed by atoms with Gasteiger partial charge < -0.3 is 15.2 Å². The summed E-state index contributed by atoms with van der Waals surface area (Å²) >= 11 is 0. The van der Waals surface area contributed by atoms with Gasteiger partial charge >= 0.3 is 0 Å². The molecule has 19 heavy (non-hydrogen) atoms. The molecule has 0 heterocycles. The summed E-state index contributed by atoms with van der Waals surface area (Å²) < 4.78 is 10.9. The van der Waals surface area contributed by atoms with Crippen molar-refractivity contribution in [1.82, 2.24) is 0 Å². The maximum absolute atomic E-state index is 5.90. The first-order chi connectivity index (χ1) is 9.33. The fourth-order valence-corrected chi connectivity index (χ4v) is 2.97. The van der Waals surface area contributed by atoms with E-state index >= 15 is 0 Å². The maximum atomic E-state index is 5.90. The number of hydrogen-bond donors (Lipinski definition) is 1. The average molecular weight is 263 g/mol. The van der Waals surface area contributed by atoms with E-state index in [0.29, 0.717) is 5.92 Å². The van der Waals surface area contributed by atoms with Gasteiger partial charge in [-0.1, -0.05) is 25.7 Å². The Morgan fingerprint density at radius 3 is 2.37 bits per heavy atom. The highest BCUT2D eigenvalue weighted by atomic mass is 16.5. The van der Waals surface area contributed by atoms with Gasteiger partial charge in [0.15, 0.2) is 0 Å². The minimum absolute atomic E-state index is 0.626. The van der Waals surface area contributed by atoms with Crippen LogP contribution in [0.5, 0.6) is 11.5 Å². The van der Waals surface area contributed by atoms with Gasteiger partial charge in [0.25, 0.3) is 0 Å². The molecule has 1 fully saturated rings. The standard InChI is InChI=1S/C16H25NO2/c1-18-15-6-8-16(9-7-15)19-11-10-14(12-17)13-4-2-3-5-13/h6-9,13-14H,2-5,10-12,17H2,1H3. The Labute approximate surface area is 116 Å². The summed E-state index contributed by atoms with van der Waals surface area (Å²) in [6.45, 7) is 1.54. The number of rotatable bonds is 7. The van der Waals surface area contributed by atoms with Crippen LogP contribution in [0.4, 0.5) is 0 Å². The predicted octanol–water partition coefficient (Wildman–Crippen LogP) is 3.23. The molecule has 0 aliphatic heterocycles. The Hall–Kier alpha value is -1.22. The first-order valence-electron chi connectivity index (χ1n) is 7.30. The topological polar surface area (TPSA) is 44.5 Å². The minimum Gasteiger partial charge on any atom is -0.497 e. The lowest BCUT2D eigenvalue weighted by molar-refractivity contribution is 0.239. The second-order valence-electron chi connectivity index (χ2n) is 5.35. The molecule has 0 radical (unpaired) electrons. The largest absolute Gasteiger partial charge is 0.497 e. The first-order valence-corrected chi connectivity index (χ1v) is 7.30. The van der Waals surface area contributed by atoms with Crippen LogP contribution in [0.1, 0.15) is 32.1 Å². The molecule has 2 rings (SSSR count). The first kappa shape index (κ1) is 14.2. The van der Waals surface area contributed by atoms with Crippen LogP contribution in [0.15, 0.2) is 24.3 Å². The third kappa shape index (κ3) is 4.13. The van der Waals surface area contributed by atoms with Crippen molar-refractivity contribution in [3.63, 3.8) is 0 Å². The highest BCUT2D eigenvalue weighted by Crippen LogP contribution is 2.32. The van der Waals surface area contributed by atoms with Crippen molar-refractivity contribution in [2.24, 2.45) is 17.6 Å². The van der Waals surface area contributed by atoms with E-state index in [4.69, 9.17) is 15.2 Å². The second kappa shape index (κ2) is 7.39. The summed E-state index contributed by atoms with van der Waals surface area (Å²) in [7, 11) is 1.67. The molecule has 2 N–H and O–H groups in total. The zero-order chi connectivity index (χ0) is 13.5. The van der Waals surface area contributed by atoms with E-state index in [0.717, 1.165) is 37.0 Å². The molecular weight excluding hydrogens is 238 g/mol. The number of benzene rings is 1. The van der Waals surface area contributed by atoms with Gasteiger partial charge in [0.2, 0.25) is 0 Å². The highest BCUT2D eigenvalue weighted by Gasteiger charge is 2.23. The van der Waals surface area contributed by atoms with Gasteiger partial charge in [-0.25, -0.2) is 0 Å². The van der Waals surface area contributed by atoms with Gasteiger partial charge in [-0.05, 0) is 49.1 Å². The van der Waals surface area contributed by atoms with Crippen molar-refractivity contribution in [1.29, 1.82) is 0 Å². The fraction of sp³-hybridized carbons (Fsp3) is 0.625. The average Bonchev–Trinajstić information content (AvgIpc) is 2.98. The molecule has 3 heteroatoms. The lowest BCUT2D eigenvalue weighted by atomic mass is 9.88. The molecule has 1 saturated carbocycles. The summed E-state index contributed by atoms with van der Waals surface area (Å²) in [5.74, 6) is 3.21. The van der Waals surface area contributed by atoms with Crippen molar-refractivity contribution >= 4 is 0 Å². The van der Waals surface area contributed by atoms with E-state index in [2.05, 4.69) is 0 Å². The molecule has 1 aliphatic rings. The lowest BCUT2D eigenvalue weighted by Gasteiger charge is -2.21. The van der Waals surface area contributed by atoms with Crippen molar-refractivity contribution in [3.8, 4) is 11.5 Å². The van der Waals surface area contributed by atoms with Crippen LogP contribution in [-0.4, -0.2) is 20.3 Å². The molecular formula is C16H25NO2. The number of nitrogens with two attached hydrogens (primary N) is 1. The van der Waals surface area contributed by atoms with Gasteiger partial charge in [-0.15, -0.1) is 0 Å². The summed E-state index contributed by atoms with van der Waals surface area (Å²) in [6.07, 6.45) is 6.52. The van der Waals surface area contributed by atoms with E-state index < -0.39 is 0 Å². The summed E-state index contributed by atoms with van der Waals surface area (Å²) in [5.41, 5.74) is 5.90. The van der Waals surface area contributed by atoms with E-state index in [1.165, 1.54) is 25.7 Å². The number of ether oxygens (including phenoxy) is 2. The van der Waals surface area contributed by atoms with Gasteiger partial charge in [0.1, 0.15) is 11.5 Å². The Bertz CT molecular complexity index is 358. The molecule has 0 aromatic heterocycles. The van der Waals surface area contributed by atoms with Crippen LogP contribution in [0.25, 0.3) is 0 Å². The highest BCUT2D eigenvalue weighted by molar-refractivity contribution is 5.31. The van der Waals surface area contributed by atoms with Crippen LogP contribution in [-0.2, 0) is 0 Å². The molecule has 0 spiro atoms. The lowest BCUT2D eigenvalue weighted by Crippen LogP contribution is -2.23. The van der Waals surface area contributed by atoms with Crippen LogP contribution in [0, 0.1) is 11.8 Å². The Kier molecular flexibility index (Phi) is 5.52. The molecule has 3 nitrogen and oxygen atoms in total. The van der Waals surface area contributed by atoms with E-state index in [1.54, 1.807) is 7.11 Å². The molecule has 1 aliphatic carbocycles. The predicted molar refractivity (Wildman–Crippen MR) is 77.6 cm³/mol. The molecule has 1 aromatic rings. The van der Waals surface area contributed by atoms with Crippen molar-refractivity contribution in [2.45, 2.75) is 32.1 Å². The van der Waals surface area contributed by atoms with Crippen molar-refractivity contribution in [3.05, 3.63) is 24.3 Å². The maximum Gasteiger partial charge on any atom is 0.119 e. The number of hydrogen-bond acceptors (Lipinski definition) is 3. The van der Waals surface area contributed by atoms with Crippen molar-refractivity contribution in [2.75, 3.05) is 20.3 Å². The monoisotopic (exact) mass is 263 g/mol. The molecule has 0 amide bonds. The normalized spacial score (nSPS) is 17.4. The zero-order valence-corrected chi connectivity index (χ0v) is 11.8. The SMILES string of the molecule is COc1ccc(OCCC(CN)C2CCCC2)cc1. The summed E-state index contributed by atoms with van der Waals surface area (Å²) in [6, 6.07) is 7.75. The Morgan fingerprint density at radius 2 is 1.79 bits per heavy atom. The zero-order valence-electron chi connectivity index (χ0n) is 11.8.